The fourth-order valence-electron chi connectivity index (χ4n) is 4.49. The van der Waals surface area contributed by atoms with Crippen LogP contribution in [0.3, 0.4) is 0 Å². The van der Waals surface area contributed by atoms with Crippen molar-refractivity contribution in [2.45, 2.75) is 19.6 Å². The number of para-hydroxylation sites is 1. The molecule has 6 rings (SSSR count). The number of carbonyl (C=O) groups is 2. The molecule has 32 heavy (non-hydrogen) atoms. The number of aryl methyl sites for hydroxylation is 1. The van der Waals surface area contributed by atoms with Gasteiger partial charge in [0.05, 0.1) is 18.4 Å². The van der Waals surface area contributed by atoms with E-state index in [0.29, 0.717) is 46.0 Å². The van der Waals surface area contributed by atoms with Gasteiger partial charge in [0.15, 0.2) is 11.5 Å². The van der Waals surface area contributed by atoms with Crippen molar-refractivity contribution in [3.8, 4) is 5.75 Å². The third kappa shape index (κ3) is 2.69. The van der Waals surface area contributed by atoms with E-state index in [2.05, 4.69) is 10.3 Å². The van der Waals surface area contributed by atoms with Gasteiger partial charge in [0.25, 0.3) is 0 Å². The van der Waals surface area contributed by atoms with Gasteiger partial charge in [-0.15, -0.1) is 0 Å². The Labute approximate surface area is 183 Å². The number of Topliss-reactive ketones (excluding diaryl/α,β-unsaturated/α-hetero) is 2. The van der Waals surface area contributed by atoms with Crippen LogP contribution in [0, 0.1) is 6.92 Å². The lowest BCUT2D eigenvalue weighted by Gasteiger charge is -2.30. The minimum Gasteiger partial charge on any atom is -0.468 e. The van der Waals surface area contributed by atoms with Gasteiger partial charge in [-0.1, -0.05) is 36.4 Å². The Morgan fingerprint density at radius 2 is 1.72 bits per heavy atom. The van der Waals surface area contributed by atoms with Crippen LogP contribution in [0.5, 0.6) is 5.75 Å². The Hall–Kier alpha value is -4.19. The smallest absolute Gasteiger partial charge is 0.249 e. The van der Waals surface area contributed by atoms with Gasteiger partial charge in [0, 0.05) is 22.4 Å². The summed E-state index contributed by atoms with van der Waals surface area (Å²) < 4.78 is 11.7. The number of benzene rings is 2. The maximum Gasteiger partial charge on any atom is 0.249 e. The van der Waals surface area contributed by atoms with Crippen molar-refractivity contribution in [3.05, 3.63) is 106 Å². The molecule has 2 aliphatic carbocycles. The van der Waals surface area contributed by atoms with E-state index >= 15 is 0 Å². The lowest BCUT2D eigenvalue weighted by atomic mass is 9.76. The number of nitrogens with one attached hydrogen (secondary N) is 2. The molecule has 1 aliphatic heterocycles. The molecule has 0 bridgehead atoms. The Bertz CT molecular complexity index is 1390. The molecular formula is C26H19N2O4+. The van der Waals surface area contributed by atoms with Gasteiger partial charge in [0.1, 0.15) is 11.3 Å². The molecule has 2 heterocycles. The zero-order valence-corrected chi connectivity index (χ0v) is 17.3. The first-order chi connectivity index (χ1) is 15.6. The van der Waals surface area contributed by atoms with E-state index in [4.69, 9.17) is 9.15 Å². The van der Waals surface area contributed by atoms with E-state index in [1.54, 1.807) is 30.5 Å². The van der Waals surface area contributed by atoms with E-state index in [1.165, 1.54) is 0 Å². The average Bonchev–Trinajstić information content (AvgIpc) is 3.33. The van der Waals surface area contributed by atoms with E-state index in [1.807, 2.05) is 43.3 Å². The first-order valence-corrected chi connectivity index (χ1v) is 10.4. The normalized spacial score (nSPS) is 18.6. The molecule has 3 aromatic rings. The molecule has 1 unspecified atom stereocenters. The predicted octanol–water partition coefficient (Wildman–Crippen LogP) is 2.57. The second-order valence-corrected chi connectivity index (χ2v) is 7.99. The molecule has 0 amide bonds. The second-order valence-electron chi connectivity index (χ2n) is 7.99. The van der Waals surface area contributed by atoms with Crippen LogP contribution in [0.15, 0.2) is 88.2 Å². The Morgan fingerprint density at radius 3 is 2.47 bits per heavy atom. The number of fused-ring (bicyclic) bond motifs is 4. The number of allylic oxidation sites excluding steroid dienone is 1. The van der Waals surface area contributed by atoms with Crippen LogP contribution >= 0.6 is 0 Å². The van der Waals surface area contributed by atoms with E-state index < -0.39 is 6.10 Å². The third-order valence-corrected chi connectivity index (χ3v) is 6.04. The summed E-state index contributed by atoms with van der Waals surface area (Å²) in [5.41, 5.74) is 4.51. The summed E-state index contributed by atoms with van der Waals surface area (Å²) in [6.45, 7) is 2.35. The monoisotopic (exact) mass is 423 g/mol. The molecule has 3 aliphatic rings. The number of ketones is 2. The largest absolute Gasteiger partial charge is 0.468 e. The maximum absolute atomic E-state index is 13.6. The zero-order chi connectivity index (χ0) is 21.8. The first-order valence-electron chi connectivity index (χ1n) is 10.4. The molecular weight excluding hydrogens is 404 g/mol. The highest BCUT2D eigenvalue weighted by atomic mass is 16.5. The average molecular weight is 423 g/mol. The van der Waals surface area contributed by atoms with Crippen LogP contribution in [0.4, 0.5) is 5.69 Å². The highest BCUT2D eigenvalue weighted by Gasteiger charge is 2.46. The fourth-order valence-corrected chi connectivity index (χ4v) is 4.49. The molecule has 0 saturated heterocycles. The van der Waals surface area contributed by atoms with Crippen LogP contribution in [0.1, 0.15) is 32.0 Å². The number of hydrogen-bond donors (Lipinski definition) is 2. The highest BCUT2D eigenvalue weighted by Crippen LogP contribution is 2.36. The van der Waals surface area contributed by atoms with Crippen molar-refractivity contribution >= 4 is 23.0 Å². The summed E-state index contributed by atoms with van der Waals surface area (Å²) >= 11 is 0. The molecule has 1 atom stereocenters. The standard InChI is InChI=1S/C26H18N2O4/c1-14-6-4-10-19-23(14)28-24-20(32-19)12-18(27-13-15-7-5-11-31-15)21-22(24)26(30)17-9-3-2-8-16(17)25(21)29/h2-12,20,27H,13H2,1H3/p+1. The van der Waals surface area contributed by atoms with Gasteiger partial charge in [-0.2, -0.15) is 0 Å². The third-order valence-electron chi connectivity index (χ3n) is 6.04. The van der Waals surface area contributed by atoms with Crippen LogP contribution in [-0.4, -0.2) is 23.4 Å². The molecule has 0 saturated carbocycles. The van der Waals surface area contributed by atoms with Gasteiger partial charge < -0.3 is 14.5 Å². The second kappa shape index (κ2) is 6.92. The van der Waals surface area contributed by atoms with Gasteiger partial charge in [0.2, 0.25) is 23.3 Å². The number of rotatable bonds is 3. The van der Waals surface area contributed by atoms with Crippen molar-refractivity contribution in [1.82, 2.24) is 5.32 Å². The highest BCUT2D eigenvalue weighted by molar-refractivity contribution is 6.39. The van der Waals surface area contributed by atoms with Gasteiger partial charge >= 0.3 is 0 Å². The number of ether oxygens (including phenoxy) is 1. The summed E-state index contributed by atoms with van der Waals surface area (Å²) in [7, 11) is 0. The number of carbonyl (C=O) groups excluding carboxylic acids is 2. The molecule has 2 N–H and O–H groups in total. The predicted molar refractivity (Wildman–Crippen MR) is 117 cm³/mol. The summed E-state index contributed by atoms with van der Waals surface area (Å²) in [4.78, 5) is 30.6. The number of furan rings is 1. The van der Waals surface area contributed by atoms with E-state index in [-0.39, 0.29) is 11.6 Å². The zero-order valence-electron chi connectivity index (χ0n) is 17.3. The van der Waals surface area contributed by atoms with Crippen LogP contribution in [0.25, 0.3) is 0 Å². The van der Waals surface area contributed by atoms with Gasteiger partial charge in [-0.25, -0.2) is 4.99 Å². The molecule has 1 aromatic heterocycles. The first kappa shape index (κ1) is 18.6. The molecule has 0 spiro atoms. The fraction of sp³-hybridized carbons (Fsp3) is 0.115. The minimum absolute atomic E-state index is 0.184. The molecule has 6 nitrogen and oxygen atoms in total. The van der Waals surface area contributed by atoms with E-state index in [0.717, 1.165) is 17.0 Å². The topological polar surface area (TPSA) is 82.5 Å². The van der Waals surface area contributed by atoms with Gasteiger partial charge in [-0.3, -0.25) is 9.59 Å². The lowest BCUT2D eigenvalue weighted by Crippen LogP contribution is -2.74. The molecule has 6 heteroatoms. The van der Waals surface area contributed by atoms with E-state index in [9.17, 15) is 9.59 Å². The summed E-state index contributed by atoms with van der Waals surface area (Å²) in [5.74, 6) is 1.06. The molecule has 2 aromatic carbocycles. The van der Waals surface area contributed by atoms with Crippen LogP contribution < -0.4 is 15.0 Å². The molecule has 156 valence electrons. The van der Waals surface area contributed by atoms with Crippen LogP contribution in [-0.2, 0) is 6.54 Å². The Morgan fingerprint density at radius 1 is 0.938 bits per heavy atom. The Kier molecular flexibility index (Phi) is 4.01. The Balaban J connectivity index is 1.53. The summed E-state index contributed by atoms with van der Waals surface area (Å²) in [6, 6.07) is 16.4. The van der Waals surface area contributed by atoms with Crippen molar-refractivity contribution in [2.75, 3.05) is 0 Å². The molecule has 0 radical (unpaired) electrons. The molecule has 0 fully saturated rings. The van der Waals surface area contributed by atoms with Crippen molar-refractivity contribution < 1.29 is 23.7 Å². The lowest BCUT2D eigenvalue weighted by molar-refractivity contribution is -0.363. The van der Waals surface area contributed by atoms with Crippen molar-refractivity contribution in [1.29, 1.82) is 0 Å². The SMILES string of the molecule is Cc1cccc2c1[NH+]=C1C3=C(C(=O)c4ccccc4C3=O)C(NCc3ccco3)=CC1O2. The maximum atomic E-state index is 13.6. The summed E-state index contributed by atoms with van der Waals surface area (Å²) in [5, 5.41) is 3.29. The quantitative estimate of drug-likeness (QED) is 0.677. The minimum atomic E-state index is -0.524. The van der Waals surface area contributed by atoms with Crippen LogP contribution in [0.2, 0.25) is 0 Å². The number of hydrogen-bond acceptors (Lipinski definition) is 5. The van der Waals surface area contributed by atoms with Crippen molar-refractivity contribution in [3.63, 3.8) is 0 Å². The van der Waals surface area contributed by atoms with Crippen molar-refractivity contribution in [2.24, 2.45) is 0 Å². The van der Waals surface area contributed by atoms with Gasteiger partial charge in [-0.05, 0) is 31.2 Å². The summed E-state index contributed by atoms with van der Waals surface area (Å²) in [6.07, 6.45) is 2.93.